The number of anilines is 1. The maximum atomic E-state index is 12.6. The van der Waals surface area contributed by atoms with Crippen LogP contribution in [-0.4, -0.2) is 10.9 Å². The van der Waals surface area contributed by atoms with Crippen molar-refractivity contribution in [1.29, 1.82) is 5.26 Å². The zero-order chi connectivity index (χ0) is 15.7. The number of aromatic amines is 1. The molecule has 4 nitrogen and oxygen atoms in total. The van der Waals surface area contributed by atoms with E-state index in [-0.39, 0.29) is 5.91 Å². The lowest BCUT2D eigenvalue weighted by atomic mass is 10.1. The molecule has 3 aromatic rings. The summed E-state index contributed by atoms with van der Waals surface area (Å²) in [6.45, 7) is 3.88. The van der Waals surface area contributed by atoms with Gasteiger partial charge in [-0.05, 0) is 43.7 Å². The van der Waals surface area contributed by atoms with Gasteiger partial charge in [0.05, 0.1) is 17.2 Å². The summed E-state index contributed by atoms with van der Waals surface area (Å²) in [7, 11) is 0. The molecule has 1 aromatic heterocycles. The smallest absolute Gasteiger partial charge is 0.258 e. The third-order valence-corrected chi connectivity index (χ3v) is 3.70. The summed E-state index contributed by atoms with van der Waals surface area (Å²) in [5, 5.41) is 12.7. The lowest BCUT2D eigenvalue weighted by Crippen LogP contribution is -2.13. The number of H-pyrrole nitrogens is 1. The summed E-state index contributed by atoms with van der Waals surface area (Å²) in [4.78, 5) is 15.9. The summed E-state index contributed by atoms with van der Waals surface area (Å²) in [5.74, 6) is -0.173. The molecule has 1 heterocycles. The van der Waals surface area contributed by atoms with E-state index in [0.717, 1.165) is 22.2 Å². The summed E-state index contributed by atoms with van der Waals surface area (Å²) >= 11 is 0. The molecule has 0 aliphatic heterocycles. The van der Waals surface area contributed by atoms with Gasteiger partial charge in [0, 0.05) is 22.3 Å². The van der Waals surface area contributed by atoms with Crippen LogP contribution in [0.25, 0.3) is 10.9 Å². The van der Waals surface area contributed by atoms with Gasteiger partial charge >= 0.3 is 0 Å². The number of nitriles is 1. The van der Waals surface area contributed by atoms with Crippen molar-refractivity contribution in [3.63, 3.8) is 0 Å². The van der Waals surface area contributed by atoms with Crippen molar-refractivity contribution >= 4 is 22.5 Å². The molecule has 1 amide bonds. The second-order valence-electron chi connectivity index (χ2n) is 5.27. The molecule has 4 heteroatoms. The molecule has 3 rings (SSSR count). The highest BCUT2D eigenvalue weighted by atomic mass is 16.1. The van der Waals surface area contributed by atoms with Crippen LogP contribution in [0.3, 0.4) is 0 Å². The molecule has 0 fully saturated rings. The average Bonchev–Trinajstić information content (AvgIpc) is 2.85. The van der Waals surface area contributed by atoms with E-state index in [1.54, 1.807) is 24.3 Å². The molecule has 0 spiro atoms. The Kier molecular flexibility index (Phi) is 3.40. The van der Waals surface area contributed by atoms with Gasteiger partial charge in [-0.15, -0.1) is 0 Å². The van der Waals surface area contributed by atoms with Gasteiger partial charge < -0.3 is 10.3 Å². The zero-order valence-corrected chi connectivity index (χ0v) is 12.4. The minimum atomic E-state index is -0.173. The van der Waals surface area contributed by atoms with Gasteiger partial charge in [-0.3, -0.25) is 4.79 Å². The van der Waals surface area contributed by atoms with Crippen LogP contribution >= 0.6 is 0 Å². The zero-order valence-electron chi connectivity index (χ0n) is 12.4. The fraction of sp³-hybridized carbons (Fsp3) is 0.111. The molecule has 108 valence electrons. The first-order chi connectivity index (χ1) is 10.6. The molecule has 0 aliphatic carbocycles. The van der Waals surface area contributed by atoms with Crippen LogP contribution in [0, 0.1) is 25.2 Å². The molecular formula is C18H15N3O. The summed E-state index contributed by atoms with van der Waals surface area (Å²) in [6, 6.07) is 14.9. The van der Waals surface area contributed by atoms with Crippen LogP contribution in [0.1, 0.15) is 27.2 Å². The fourth-order valence-electron chi connectivity index (χ4n) is 2.70. The lowest BCUT2D eigenvalue weighted by Gasteiger charge is -2.07. The molecule has 22 heavy (non-hydrogen) atoms. The molecule has 2 aromatic carbocycles. The number of nitrogens with zero attached hydrogens (tertiary/aromatic N) is 1. The van der Waals surface area contributed by atoms with Gasteiger partial charge in [-0.25, -0.2) is 0 Å². The van der Waals surface area contributed by atoms with Crippen LogP contribution in [0.5, 0.6) is 0 Å². The van der Waals surface area contributed by atoms with Crippen molar-refractivity contribution in [1.82, 2.24) is 4.98 Å². The molecular weight excluding hydrogens is 274 g/mol. The number of carbonyl (C=O) groups excluding carboxylic acids is 1. The second-order valence-corrected chi connectivity index (χ2v) is 5.27. The van der Waals surface area contributed by atoms with Crippen LogP contribution in [0.2, 0.25) is 0 Å². The average molecular weight is 289 g/mol. The molecule has 0 saturated carbocycles. The summed E-state index contributed by atoms with van der Waals surface area (Å²) in [5.41, 5.74) is 4.62. The third kappa shape index (κ3) is 2.33. The van der Waals surface area contributed by atoms with Crippen molar-refractivity contribution in [2.24, 2.45) is 0 Å². The maximum absolute atomic E-state index is 12.6. The van der Waals surface area contributed by atoms with E-state index in [9.17, 15) is 4.79 Å². The largest absolute Gasteiger partial charge is 0.358 e. The topological polar surface area (TPSA) is 68.7 Å². The van der Waals surface area contributed by atoms with Gasteiger partial charge in [-0.1, -0.05) is 18.2 Å². The predicted octanol–water partition coefficient (Wildman–Crippen LogP) is 3.91. The second kappa shape index (κ2) is 5.38. The minimum absolute atomic E-state index is 0.173. The molecule has 0 aliphatic rings. The van der Waals surface area contributed by atoms with Crippen molar-refractivity contribution in [3.8, 4) is 6.07 Å². The Bertz CT molecular complexity index is 916. The van der Waals surface area contributed by atoms with Gasteiger partial charge in [0.15, 0.2) is 0 Å². The molecule has 0 unspecified atom stereocenters. The minimum Gasteiger partial charge on any atom is -0.358 e. The fourth-order valence-corrected chi connectivity index (χ4v) is 2.70. The van der Waals surface area contributed by atoms with Crippen LogP contribution in [0.15, 0.2) is 42.5 Å². The van der Waals surface area contributed by atoms with Gasteiger partial charge in [0.25, 0.3) is 5.91 Å². The number of hydrogen-bond acceptors (Lipinski definition) is 2. The van der Waals surface area contributed by atoms with Crippen molar-refractivity contribution in [2.45, 2.75) is 13.8 Å². The van der Waals surface area contributed by atoms with Crippen molar-refractivity contribution < 1.29 is 4.79 Å². The molecule has 0 saturated heterocycles. The predicted molar refractivity (Wildman–Crippen MR) is 86.9 cm³/mol. The van der Waals surface area contributed by atoms with Crippen LogP contribution < -0.4 is 5.32 Å². The highest BCUT2D eigenvalue weighted by Crippen LogP contribution is 2.26. The number of aryl methyl sites for hydroxylation is 2. The SMILES string of the molecule is Cc1[nH]c2cccc(C)c2c1C(=O)Nc1cccc(C#N)c1. The molecule has 0 atom stereocenters. The Morgan fingerprint density at radius 2 is 1.95 bits per heavy atom. The number of carbonyl (C=O) groups is 1. The first kappa shape index (κ1) is 13.9. The van der Waals surface area contributed by atoms with E-state index >= 15 is 0 Å². The Hall–Kier alpha value is -3.06. The summed E-state index contributed by atoms with van der Waals surface area (Å²) < 4.78 is 0. The van der Waals surface area contributed by atoms with Gasteiger partial charge in [0.2, 0.25) is 0 Å². The van der Waals surface area contributed by atoms with E-state index in [4.69, 9.17) is 5.26 Å². The van der Waals surface area contributed by atoms with E-state index in [0.29, 0.717) is 16.8 Å². The number of aromatic nitrogens is 1. The Labute approximate surface area is 128 Å². The normalized spacial score (nSPS) is 10.4. The maximum Gasteiger partial charge on any atom is 0.258 e. The van der Waals surface area contributed by atoms with Crippen LogP contribution in [0.4, 0.5) is 5.69 Å². The number of nitrogens with one attached hydrogen (secondary N) is 2. The standard InChI is InChI=1S/C18H15N3O/c1-11-5-3-8-15-16(11)17(12(2)20-15)18(22)21-14-7-4-6-13(9-14)10-19/h3-9,20H,1-2H3,(H,21,22). The highest BCUT2D eigenvalue weighted by Gasteiger charge is 2.17. The Morgan fingerprint density at radius 1 is 1.18 bits per heavy atom. The van der Waals surface area contributed by atoms with Crippen molar-refractivity contribution in [3.05, 3.63) is 64.8 Å². The van der Waals surface area contributed by atoms with Crippen molar-refractivity contribution in [2.75, 3.05) is 5.32 Å². The molecule has 2 N–H and O–H groups in total. The third-order valence-electron chi connectivity index (χ3n) is 3.70. The van der Waals surface area contributed by atoms with Gasteiger partial charge in [-0.2, -0.15) is 5.26 Å². The van der Waals surface area contributed by atoms with Crippen LogP contribution in [-0.2, 0) is 0 Å². The van der Waals surface area contributed by atoms with E-state index < -0.39 is 0 Å². The number of hydrogen-bond donors (Lipinski definition) is 2. The monoisotopic (exact) mass is 289 g/mol. The summed E-state index contributed by atoms with van der Waals surface area (Å²) in [6.07, 6.45) is 0. The van der Waals surface area contributed by atoms with E-state index in [2.05, 4.69) is 16.4 Å². The molecule has 0 bridgehead atoms. The number of fused-ring (bicyclic) bond motifs is 1. The van der Waals surface area contributed by atoms with Gasteiger partial charge in [0.1, 0.15) is 0 Å². The first-order valence-corrected chi connectivity index (χ1v) is 6.99. The highest BCUT2D eigenvalue weighted by molar-refractivity contribution is 6.14. The lowest BCUT2D eigenvalue weighted by molar-refractivity contribution is 0.102. The Morgan fingerprint density at radius 3 is 2.73 bits per heavy atom. The number of amides is 1. The number of benzene rings is 2. The Balaban J connectivity index is 2.02. The number of rotatable bonds is 2. The van der Waals surface area contributed by atoms with E-state index in [1.165, 1.54) is 0 Å². The quantitative estimate of drug-likeness (QED) is 0.751. The van der Waals surface area contributed by atoms with E-state index in [1.807, 2.05) is 32.0 Å². The first-order valence-electron chi connectivity index (χ1n) is 6.99. The molecule has 0 radical (unpaired) electrons.